The lowest BCUT2D eigenvalue weighted by molar-refractivity contribution is -0.137. The first-order valence-corrected chi connectivity index (χ1v) is 6.67. The largest absolute Gasteiger partial charge is 0.418 e. The molecular formula is C12H5F4IN4. The van der Waals surface area contributed by atoms with E-state index in [1.807, 2.05) is 22.6 Å². The summed E-state index contributed by atoms with van der Waals surface area (Å²) in [5, 5.41) is 3.74. The lowest BCUT2D eigenvalue weighted by Crippen LogP contribution is -2.07. The first kappa shape index (κ1) is 14.2. The minimum absolute atomic E-state index is 0.0513. The van der Waals surface area contributed by atoms with Gasteiger partial charge in [0.05, 0.1) is 23.7 Å². The zero-order valence-electron chi connectivity index (χ0n) is 10.1. The van der Waals surface area contributed by atoms with Gasteiger partial charge in [-0.1, -0.05) is 0 Å². The van der Waals surface area contributed by atoms with Crippen molar-refractivity contribution < 1.29 is 17.6 Å². The molecule has 0 unspecified atom stereocenters. The molecule has 3 aromatic rings. The molecule has 3 aromatic heterocycles. The van der Waals surface area contributed by atoms with Crippen LogP contribution in [0.2, 0.25) is 0 Å². The van der Waals surface area contributed by atoms with Gasteiger partial charge in [-0.3, -0.25) is 4.98 Å². The van der Waals surface area contributed by atoms with E-state index in [1.54, 1.807) is 0 Å². The third-order valence-corrected chi connectivity index (χ3v) is 3.69. The average molecular weight is 408 g/mol. The van der Waals surface area contributed by atoms with Gasteiger partial charge in [0.2, 0.25) is 0 Å². The van der Waals surface area contributed by atoms with Crippen molar-refractivity contribution in [1.82, 2.24) is 19.6 Å². The quantitative estimate of drug-likeness (QED) is 0.457. The van der Waals surface area contributed by atoms with Gasteiger partial charge in [-0.25, -0.2) is 13.9 Å². The topological polar surface area (TPSA) is 43.1 Å². The second-order valence-electron chi connectivity index (χ2n) is 4.12. The van der Waals surface area contributed by atoms with E-state index in [2.05, 4.69) is 15.1 Å². The molecule has 0 atom stereocenters. The van der Waals surface area contributed by atoms with Crippen LogP contribution in [0.25, 0.3) is 17.0 Å². The molecule has 0 bridgehead atoms. The predicted octanol–water partition coefficient (Wildman–Crippen LogP) is 3.55. The summed E-state index contributed by atoms with van der Waals surface area (Å²) in [7, 11) is 0. The van der Waals surface area contributed by atoms with Crippen molar-refractivity contribution >= 4 is 28.2 Å². The number of fused-ring (bicyclic) bond motifs is 1. The van der Waals surface area contributed by atoms with Crippen LogP contribution in [0.4, 0.5) is 17.6 Å². The second kappa shape index (κ2) is 4.90. The van der Waals surface area contributed by atoms with Gasteiger partial charge in [0.15, 0.2) is 5.65 Å². The fourth-order valence-corrected chi connectivity index (χ4v) is 2.51. The van der Waals surface area contributed by atoms with Gasteiger partial charge in [0.25, 0.3) is 0 Å². The standard InChI is InChI=1S/C12H5F4IN4/c13-7-1-2-8(18-5-7)10-11(17)21-9(20-10)3-6(4-19-21)12(14,15)16/h1-5H. The Kier molecular flexibility index (Phi) is 3.30. The van der Waals surface area contributed by atoms with Gasteiger partial charge < -0.3 is 0 Å². The van der Waals surface area contributed by atoms with Crippen molar-refractivity contribution in [2.45, 2.75) is 6.18 Å². The summed E-state index contributed by atoms with van der Waals surface area (Å²) in [6.07, 6.45) is -2.73. The van der Waals surface area contributed by atoms with Crippen LogP contribution >= 0.6 is 22.6 Å². The highest BCUT2D eigenvalue weighted by molar-refractivity contribution is 14.1. The van der Waals surface area contributed by atoms with Gasteiger partial charge in [0, 0.05) is 0 Å². The fourth-order valence-electron chi connectivity index (χ4n) is 1.74. The lowest BCUT2D eigenvalue weighted by Gasteiger charge is -2.05. The Morgan fingerprint density at radius 2 is 1.90 bits per heavy atom. The molecule has 21 heavy (non-hydrogen) atoms. The van der Waals surface area contributed by atoms with Crippen LogP contribution in [0.15, 0.2) is 30.6 Å². The molecule has 0 saturated heterocycles. The van der Waals surface area contributed by atoms with E-state index in [4.69, 9.17) is 0 Å². The summed E-state index contributed by atoms with van der Waals surface area (Å²) in [6.45, 7) is 0. The van der Waals surface area contributed by atoms with E-state index in [0.717, 1.165) is 18.5 Å². The molecule has 0 radical (unpaired) electrons. The van der Waals surface area contributed by atoms with Gasteiger partial charge in [-0.15, -0.1) is 0 Å². The normalized spacial score (nSPS) is 12.0. The van der Waals surface area contributed by atoms with E-state index in [0.29, 0.717) is 15.1 Å². The highest BCUT2D eigenvalue weighted by Gasteiger charge is 2.32. The minimum atomic E-state index is -4.49. The van der Waals surface area contributed by atoms with Crippen LogP contribution in [-0.4, -0.2) is 19.6 Å². The van der Waals surface area contributed by atoms with Crippen molar-refractivity contribution in [2.24, 2.45) is 0 Å². The number of halogens is 5. The molecule has 0 aliphatic heterocycles. The number of aromatic nitrogens is 4. The molecular weight excluding hydrogens is 403 g/mol. The highest BCUT2D eigenvalue weighted by atomic mass is 127. The molecule has 0 aliphatic carbocycles. The van der Waals surface area contributed by atoms with Crippen LogP contribution in [0.5, 0.6) is 0 Å². The number of rotatable bonds is 1. The number of alkyl halides is 3. The Hall–Kier alpha value is -1.78. The molecule has 0 aromatic carbocycles. The molecule has 0 aliphatic rings. The molecule has 3 heterocycles. The first-order valence-electron chi connectivity index (χ1n) is 5.59. The Balaban J connectivity index is 2.17. The van der Waals surface area contributed by atoms with E-state index >= 15 is 0 Å². The molecule has 0 amide bonds. The molecule has 108 valence electrons. The smallest absolute Gasteiger partial charge is 0.251 e. The van der Waals surface area contributed by atoms with Crippen LogP contribution in [0.1, 0.15) is 5.56 Å². The van der Waals surface area contributed by atoms with Crippen LogP contribution in [0.3, 0.4) is 0 Å². The van der Waals surface area contributed by atoms with Crippen LogP contribution in [-0.2, 0) is 6.18 Å². The summed E-state index contributed by atoms with van der Waals surface area (Å²) in [4.78, 5) is 7.96. The second-order valence-corrected chi connectivity index (χ2v) is 5.15. The van der Waals surface area contributed by atoms with Crippen molar-refractivity contribution in [3.63, 3.8) is 0 Å². The van der Waals surface area contributed by atoms with Gasteiger partial charge in [0.1, 0.15) is 15.2 Å². The van der Waals surface area contributed by atoms with Gasteiger partial charge in [-0.2, -0.15) is 18.3 Å². The summed E-state index contributed by atoms with van der Waals surface area (Å²) < 4.78 is 52.6. The zero-order chi connectivity index (χ0) is 15.2. The van der Waals surface area contributed by atoms with Crippen molar-refractivity contribution in [1.29, 1.82) is 0 Å². The monoisotopic (exact) mass is 408 g/mol. The Morgan fingerprint density at radius 3 is 2.52 bits per heavy atom. The van der Waals surface area contributed by atoms with E-state index in [1.165, 1.54) is 16.6 Å². The molecule has 9 heteroatoms. The van der Waals surface area contributed by atoms with Crippen molar-refractivity contribution in [3.8, 4) is 11.4 Å². The van der Waals surface area contributed by atoms with E-state index in [9.17, 15) is 17.6 Å². The Morgan fingerprint density at radius 1 is 1.14 bits per heavy atom. The lowest BCUT2D eigenvalue weighted by atomic mass is 10.3. The van der Waals surface area contributed by atoms with Crippen LogP contribution in [0, 0.1) is 9.52 Å². The summed E-state index contributed by atoms with van der Waals surface area (Å²) in [6, 6.07) is 3.52. The van der Waals surface area contributed by atoms with Crippen molar-refractivity contribution in [2.75, 3.05) is 0 Å². The number of hydrogen-bond donors (Lipinski definition) is 0. The maximum absolute atomic E-state index is 12.9. The number of hydrogen-bond acceptors (Lipinski definition) is 3. The first-order chi connectivity index (χ1) is 9.86. The number of imidazole rings is 1. The van der Waals surface area contributed by atoms with Gasteiger partial charge in [-0.05, 0) is 40.8 Å². The summed E-state index contributed by atoms with van der Waals surface area (Å²) in [5.74, 6) is -0.505. The Labute approximate surface area is 129 Å². The average Bonchev–Trinajstić information content (AvgIpc) is 2.76. The summed E-state index contributed by atoms with van der Waals surface area (Å²) >= 11 is 1.90. The highest BCUT2D eigenvalue weighted by Crippen LogP contribution is 2.30. The Bertz CT molecular complexity index is 810. The fraction of sp³-hybridized carbons (Fsp3) is 0.0833. The molecule has 4 nitrogen and oxygen atoms in total. The number of pyridine rings is 1. The molecule has 0 saturated carbocycles. The van der Waals surface area contributed by atoms with Crippen LogP contribution < -0.4 is 0 Å². The third-order valence-electron chi connectivity index (χ3n) is 2.72. The zero-order valence-corrected chi connectivity index (χ0v) is 12.2. The molecule has 0 fully saturated rings. The molecule has 3 rings (SSSR count). The summed E-state index contributed by atoms with van der Waals surface area (Å²) in [5.41, 5.74) is -0.118. The number of nitrogens with zero attached hydrogens (tertiary/aromatic N) is 4. The SMILES string of the molecule is Fc1ccc(-c2nc3cc(C(F)(F)F)cnn3c2I)nc1. The van der Waals surface area contributed by atoms with Crippen molar-refractivity contribution in [3.05, 3.63) is 45.7 Å². The van der Waals surface area contributed by atoms with Gasteiger partial charge >= 0.3 is 6.18 Å². The van der Waals surface area contributed by atoms with E-state index in [-0.39, 0.29) is 5.65 Å². The molecule has 0 spiro atoms. The third kappa shape index (κ3) is 2.57. The predicted molar refractivity (Wildman–Crippen MR) is 73.9 cm³/mol. The minimum Gasteiger partial charge on any atom is -0.251 e. The maximum Gasteiger partial charge on any atom is 0.418 e. The molecule has 0 N–H and O–H groups in total. The van der Waals surface area contributed by atoms with E-state index < -0.39 is 17.6 Å². The maximum atomic E-state index is 12.9.